The van der Waals surface area contributed by atoms with Crippen LogP contribution in [0.15, 0.2) is 11.8 Å². The molecule has 1 aliphatic rings. The number of aliphatic hydroxyl groups is 1. The summed E-state index contributed by atoms with van der Waals surface area (Å²) in [7, 11) is 0. The van der Waals surface area contributed by atoms with Crippen molar-refractivity contribution < 1.29 is 9.90 Å². The van der Waals surface area contributed by atoms with Crippen LogP contribution >= 0.6 is 11.8 Å². The summed E-state index contributed by atoms with van der Waals surface area (Å²) in [6.45, 7) is 9.92. The number of carbonyl (C=O) groups excluding carboxylic acids is 1. The van der Waals surface area contributed by atoms with Gasteiger partial charge in [-0.25, -0.2) is 0 Å². The number of thioether (sulfide) groups is 1. The van der Waals surface area contributed by atoms with Gasteiger partial charge in [0.25, 0.3) is 0 Å². The van der Waals surface area contributed by atoms with E-state index in [-0.39, 0.29) is 16.3 Å². The Morgan fingerprint density at radius 2 is 1.86 bits per heavy atom. The summed E-state index contributed by atoms with van der Waals surface area (Å²) in [6.07, 6.45) is 1.39. The van der Waals surface area contributed by atoms with Crippen molar-refractivity contribution in [2.45, 2.75) is 44.1 Å². The van der Waals surface area contributed by atoms with Gasteiger partial charge in [0.1, 0.15) is 5.76 Å². The standard InChI is InChI=1S/C11H18O2S/c1-7(2)11(5)9(13)6-8(12)10(3,4)14-11/h6-7,13H,1-5H3. The van der Waals surface area contributed by atoms with Crippen molar-refractivity contribution in [1.29, 1.82) is 0 Å². The topological polar surface area (TPSA) is 37.3 Å². The molecule has 1 atom stereocenters. The molecule has 0 saturated carbocycles. The minimum absolute atomic E-state index is 0.00174. The molecule has 0 saturated heterocycles. The maximum atomic E-state index is 11.6. The third-order valence-electron chi connectivity index (χ3n) is 2.94. The van der Waals surface area contributed by atoms with Crippen LogP contribution in [-0.2, 0) is 4.79 Å². The van der Waals surface area contributed by atoms with Crippen molar-refractivity contribution in [2.75, 3.05) is 0 Å². The highest BCUT2D eigenvalue weighted by molar-refractivity contribution is 8.03. The van der Waals surface area contributed by atoms with Crippen LogP contribution in [0, 0.1) is 5.92 Å². The van der Waals surface area contributed by atoms with Crippen LogP contribution in [0.2, 0.25) is 0 Å². The molecule has 0 aromatic heterocycles. The average Bonchev–Trinajstić information content (AvgIpc) is 2.00. The summed E-state index contributed by atoms with van der Waals surface area (Å²) in [5.74, 6) is 0.510. The van der Waals surface area contributed by atoms with Crippen molar-refractivity contribution in [3.05, 3.63) is 11.8 Å². The quantitative estimate of drug-likeness (QED) is 0.729. The number of ketones is 1. The number of aliphatic hydroxyl groups excluding tert-OH is 1. The predicted molar refractivity (Wildman–Crippen MR) is 60.6 cm³/mol. The lowest BCUT2D eigenvalue weighted by Crippen LogP contribution is -2.43. The largest absolute Gasteiger partial charge is 0.511 e. The SMILES string of the molecule is CC(C)C1(C)SC(C)(C)C(=O)C=C1O. The van der Waals surface area contributed by atoms with E-state index in [0.29, 0.717) is 5.92 Å². The van der Waals surface area contributed by atoms with Crippen LogP contribution in [0.3, 0.4) is 0 Å². The first kappa shape index (κ1) is 11.6. The third kappa shape index (κ3) is 1.70. The van der Waals surface area contributed by atoms with Gasteiger partial charge in [-0.05, 0) is 26.7 Å². The summed E-state index contributed by atoms with van der Waals surface area (Å²) in [5.41, 5.74) is 0. The fraction of sp³-hybridized carbons (Fsp3) is 0.727. The molecule has 0 spiro atoms. The number of carbonyl (C=O) groups is 1. The molecule has 0 radical (unpaired) electrons. The van der Waals surface area contributed by atoms with Gasteiger partial charge in [0.05, 0.1) is 9.49 Å². The van der Waals surface area contributed by atoms with Crippen LogP contribution in [0.25, 0.3) is 0 Å². The Bertz CT molecular complexity index is 292. The molecule has 0 aromatic carbocycles. The highest BCUT2D eigenvalue weighted by Gasteiger charge is 2.46. The van der Waals surface area contributed by atoms with Crippen molar-refractivity contribution in [1.82, 2.24) is 0 Å². The molecule has 0 aromatic rings. The van der Waals surface area contributed by atoms with Crippen molar-refractivity contribution >= 4 is 17.5 Å². The molecule has 1 aliphatic heterocycles. The lowest BCUT2D eigenvalue weighted by molar-refractivity contribution is -0.116. The van der Waals surface area contributed by atoms with E-state index in [9.17, 15) is 9.90 Å². The molecule has 2 nitrogen and oxygen atoms in total. The summed E-state index contributed by atoms with van der Waals surface area (Å²) in [5, 5.41) is 9.82. The Labute approximate surface area is 89.8 Å². The van der Waals surface area contributed by atoms with Gasteiger partial charge in [-0.2, -0.15) is 0 Å². The Morgan fingerprint density at radius 3 is 2.29 bits per heavy atom. The van der Waals surface area contributed by atoms with Gasteiger partial charge in [-0.1, -0.05) is 13.8 Å². The van der Waals surface area contributed by atoms with E-state index in [2.05, 4.69) is 13.8 Å². The fourth-order valence-corrected chi connectivity index (χ4v) is 3.11. The molecule has 0 amide bonds. The predicted octanol–water partition coefficient (Wildman–Crippen LogP) is 2.94. The maximum absolute atomic E-state index is 11.6. The molecule has 1 N–H and O–H groups in total. The Kier molecular flexibility index (Phi) is 2.74. The molecule has 0 bridgehead atoms. The first-order chi connectivity index (χ1) is 6.20. The summed E-state index contributed by atoms with van der Waals surface area (Å²) in [6, 6.07) is 0. The summed E-state index contributed by atoms with van der Waals surface area (Å²) in [4.78, 5) is 11.6. The molecular weight excluding hydrogens is 196 g/mol. The molecule has 1 heterocycles. The monoisotopic (exact) mass is 214 g/mol. The van der Waals surface area contributed by atoms with Gasteiger partial charge < -0.3 is 5.11 Å². The van der Waals surface area contributed by atoms with Crippen molar-refractivity contribution in [3.8, 4) is 0 Å². The lowest BCUT2D eigenvalue weighted by atomic mass is 9.92. The van der Waals surface area contributed by atoms with Gasteiger partial charge in [0.15, 0.2) is 5.78 Å². The van der Waals surface area contributed by atoms with Crippen LogP contribution < -0.4 is 0 Å². The molecular formula is C11H18O2S. The first-order valence-electron chi connectivity index (χ1n) is 4.86. The highest BCUT2D eigenvalue weighted by Crippen LogP contribution is 2.48. The Hall–Kier alpha value is -0.440. The zero-order valence-corrected chi connectivity index (χ0v) is 10.2. The van der Waals surface area contributed by atoms with Crippen LogP contribution in [0.5, 0.6) is 0 Å². The van der Waals surface area contributed by atoms with E-state index in [4.69, 9.17) is 0 Å². The number of rotatable bonds is 1. The average molecular weight is 214 g/mol. The van der Waals surface area contributed by atoms with Crippen molar-refractivity contribution in [2.24, 2.45) is 5.92 Å². The molecule has 80 valence electrons. The number of hydrogen-bond donors (Lipinski definition) is 1. The molecule has 1 rings (SSSR count). The molecule has 3 heteroatoms. The Balaban J connectivity index is 3.15. The van der Waals surface area contributed by atoms with Crippen LogP contribution in [-0.4, -0.2) is 20.4 Å². The second-order valence-electron chi connectivity index (χ2n) is 4.77. The molecule has 0 fully saturated rings. The van der Waals surface area contributed by atoms with Crippen molar-refractivity contribution in [3.63, 3.8) is 0 Å². The molecule has 14 heavy (non-hydrogen) atoms. The zero-order chi connectivity index (χ0) is 11.1. The van der Waals surface area contributed by atoms with E-state index >= 15 is 0 Å². The second-order valence-corrected chi connectivity index (χ2v) is 6.84. The number of allylic oxidation sites excluding steroid dienone is 1. The lowest BCUT2D eigenvalue weighted by Gasteiger charge is -2.41. The van der Waals surface area contributed by atoms with Gasteiger partial charge in [-0.3, -0.25) is 4.79 Å². The minimum atomic E-state index is -0.425. The van der Waals surface area contributed by atoms with Crippen LogP contribution in [0.4, 0.5) is 0 Å². The van der Waals surface area contributed by atoms with E-state index in [0.717, 1.165) is 0 Å². The van der Waals surface area contributed by atoms with E-state index in [1.807, 2.05) is 20.8 Å². The van der Waals surface area contributed by atoms with Gasteiger partial charge in [0.2, 0.25) is 0 Å². The van der Waals surface area contributed by atoms with E-state index < -0.39 is 4.75 Å². The van der Waals surface area contributed by atoms with Gasteiger partial charge >= 0.3 is 0 Å². The maximum Gasteiger partial charge on any atom is 0.174 e. The fourth-order valence-electron chi connectivity index (χ4n) is 1.49. The third-order valence-corrected chi connectivity index (χ3v) is 4.75. The van der Waals surface area contributed by atoms with E-state index in [1.54, 1.807) is 11.8 Å². The van der Waals surface area contributed by atoms with Crippen LogP contribution in [0.1, 0.15) is 34.6 Å². The number of hydrogen-bond acceptors (Lipinski definition) is 3. The normalized spacial score (nSPS) is 31.9. The highest BCUT2D eigenvalue weighted by atomic mass is 32.2. The summed E-state index contributed by atoms with van der Waals surface area (Å²) >= 11 is 1.55. The summed E-state index contributed by atoms with van der Waals surface area (Å²) < 4.78 is -0.761. The Morgan fingerprint density at radius 1 is 1.36 bits per heavy atom. The second kappa shape index (κ2) is 3.30. The molecule has 0 aliphatic carbocycles. The zero-order valence-electron chi connectivity index (χ0n) is 9.42. The smallest absolute Gasteiger partial charge is 0.174 e. The molecule has 1 unspecified atom stereocenters. The van der Waals surface area contributed by atoms with Gasteiger partial charge in [-0.15, -0.1) is 11.8 Å². The first-order valence-corrected chi connectivity index (χ1v) is 5.67. The van der Waals surface area contributed by atoms with Gasteiger partial charge in [0, 0.05) is 6.08 Å². The minimum Gasteiger partial charge on any atom is -0.511 e. The van der Waals surface area contributed by atoms with E-state index in [1.165, 1.54) is 6.08 Å².